The summed E-state index contributed by atoms with van der Waals surface area (Å²) in [6, 6.07) is 7.95. The molecule has 0 spiro atoms. The molecule has 142 valence electrons. The summed E-state index contributed by atoms with van der Waals surface area (Å²) in [6.07, 6.45) is 2.26. The zero-order valence-electron chi connectivity index (χ0n) is 15.6. The van der Waals surface area contributed by atoms with Gasteiger partial charge in [-0.05, 0) is 12.5 Å². The summed E-state index contributed by atoms with van der Waals surface area (Å²) in [4.78, 5) is 23.8. The maximum atomic E-state index is 12.6. The molecule has 1 fully saturated rings. The van der Waals surface area contributed by atoms with E-state index in [4.69, 9.17) is 15.5 Å². The number of nitrogens with zero attached hydrogens (tertiary/aromatic N) is 4. The van der Waals surface area contributed by atoms with Crippen molar-refractivity contribution in [3.8, 4) is 0 Å². The average molecular weight is 367 g/mol. The van der Waals surface area contributed by atoms with E-state index < -0.39 is 0 Å². The molecule has 2 aromatic heterocycles. The fraction of sp³-hybridized carbons (Fsp3) is 0.450. The molecule has 1 aliphatic heterocycles. The van der Waals surface area contributed by atoms with Gasteiger partial charge in [-0.25, -0.2) is 9.97 Å². The van der Waals surface area contributed by atoms with Crippen molar-refractivity contribution in [2.45, 2.75) is 32.7 Å². The molecule has 0 aliphatic carbocycles. The van der Waals surface area contributed by atoms with Gasteiger partial charge in [0.15, 0.2) is 5.82 Å². The first-order chi connectivity index (χ1) is 13.2. The Kier molecular flexibility index (Phi) is 4.94. The quantitative estimate of drug-likeness (QED) is 0.748. The molecule has 3 heterocycles. The maximum absolute atomic E-state index is 12.6. The number of amides is 1. The highest BCUT2D eigenvalue weighted by Crippen LogP contribution is 2.29. The molecular weight excluding hydrogens is 342 g/mol. The second kappa shape index (κ2) is 7.52. The SMILES string of the molecule is CCCc1nc2c(N)nc3ccccc3c2n1CCC(=O)N1CCOCC1. The number of morpholine rings is 1. The van der Waals surface area contributed by atoms with Crippen molar-refractivity contribution in [1.29, 1.82) is 0 Å². The number of anilines is 1. The van der Waals surface area contributed by atoms with Crippen molar-refractivity contribution < 1.29 is 9.53 Å². The number of nitrogens with two attached hydrogens (primary N) is 1. The van der Waals surface area contributed by atoms with Crippen molar-refractivity contribution in [2.75, 3.05) is 32.0 Å². The molecule has 1 aromatic carbocycles. The van der Waals surface area contributed by atoms with E-state index in [1.165, 1.54) is 0 Å². The Bertz CT molecular complexity index is 975. The van der Waals surface area contributed by atoms with Gasteiger partial charge < -0.3 is 19.9 Å². The fourth-order valence-corrected chi connectivity index (χ4v) is 3.74. The minimum Gasteiger partial charge on any atom is -0.382 e. The van der Waals surface area contributed by atoms with Crippen LogP contribution < -0.4 is 5.73 Å². The minimum absolute atomic E-state index is 0.161. The monoisotopic (exact) mass is 367 g/mol. The van der Waals surface area contributed by atoms with E-state index in [1.807, 2.05) is 29.2 Å². The number of hydrogen-bond acceptors (Lipinski definition) is 5. The molecule has 0 bridgehead atoms. The summed E-state index contributed by atoms with van der Waals surface area (Å²) in [5.41, 5.74) is 8.77. The molecule has 27 heavy (non-hydrogen) atoms. The molecule has 7 nitrogen and oxygen atoms in total. The standard InChI is InChI=1S/C20H25N5O2/c1-2-5-16-23-18-19(14-6-3-4-7-15(14)22-20(18)21)25(16)9-8-17(26)24-10-12-27-13-11-24/h3-4,6-7H,2,5,8-13H2,1H3,(H2,21,22). The summed E-state index contributed by atoms with van der Waals surface area (Å²) in [5, 5.41) is 1.02. The van der Waals surface area contributed by atoms with Crippen LogP contribution in [0.3, 0.4) is 0 Å². The lowest BCUT2D eigenvalue weighted by atomic mass is 10.2. The van der Waals surface area contributed by atoms with Crippen molar-refractivity contribution in [3.63, 3.8) is 0 Å². The first kappa shape index (κ1) is 17.7. The highest BCUT2D eigenvalue weighted by atomic mass is 16.5. The third-order valence-electron chi connectivity index (χ3n) is 5.08. The van der Waals surface area contributed by atoms with Crippen LogP contribution in [-0.2, 0) is 22.5 Å². The molecule has 1 amide bonds. The normalized spacial score (nSPS) is 14.9. The number of imidazole rings is 1. The van der Waals surface area contributed by atoms with Crippen molar-refractivity contribution >= 4 is 33.7 Å². The second-order valence-electron chi connectivity index (χ2n) is 6.88. The number of carbonyl (C=O) groups is 1. The first-order valence-electron chi connectivity index (χ1n) is 9.58. The molecule has 1 aliphatic rings. The van der Waals surface area contributed by atoms with Gasteiger partial charge in [-0.1, -0.05) is 25.1 Å². The van der Waals surface area contributed by atoms with Gasteiger partial charge in [0.2, 0.25) is 5.91 Å². The van der Waals surface area contributed by atoms with E-state index in [0.29, 0.717) is 45.1 Å². The Hall–Kier alpha value is -2.67. The number of hydrogen-bond donors (Lipinski definition) is 1. The lowest BCUT2D eigenvalue weighted by molar-refractivity contribution is -0.135. The Balaban J connectivity index is 1.73. The number of fused-ring (bicyclic) bond motifs is 3. The van der Waals surface area contributed by atoms with Crippen LogP contribution >= 0.6 is 0 Å². The van der Waals surface area contributed by atoms with E-state index in [9.17, 15) is 4.79 Å². The van der Waals surface area contributed by atoms with Gasteiger partial charge in [0.25, 0.3) is 0 Å². The third-order valence-corrected chi connectivity index (χ3v) is 5.08. The predicted octanol–water partition coefficient (Wildman–Crippen LogP) is 2.37. The van der Waals surface area contributed by atoms with Crippen LogP contribution in [0.25, 0.3) is 21.9 Å². The topological polar surface area (TPSA) is 86.3 Å². The Morgan fingerprint density at radius 3 is 2.78 bits per heavy atom. The number of rotatable bonds is 5. The highest BCUT2D eigenvalue weighted by molar-refractivity contribution is 6.06. The second-order valence-corrected chi connectivity index (χ2v) is 6.88. The van der Waals surface area contributed by atoms with E-state index >= 15 is 0 Å². The average Bonchev–Trinajstić information content (AvgIpc) is 3.06. The van der Waals surface area contributed by atoms with E-state index in [1.54, 1.807) is 0 Å². The summed E-state index contributed by atoms with van der Waals surface area (Å²) in [7, 11) is 0. The maximum Gasteiger partial charge on any atom is 0.224 e. The summed E-state index contributed by atoms with van der Waals surface area (Å²) in [6.45, 7) is 5.30. The molecule has 1 saturated heterocycles. The van der Waals surface area contributed by atoms with E-state index in [2.05, 4.69) is 16.5 Å². The first-order valence-corrected chi connectivity index (χ1v) is 9.58. The van der Waals surface area contributed by atoms with E-state index in [-0.39, 0.29) is 5.91 Å². The third kappa shape index (κ3) is 3.35. The highest BCUT2D eigenvalue weighted by Gasteiger charge is 2.20. The van der Waals surface area contributed by atoms with Gasteiger partial charge in [-0.2, -0.15) is 0 Å². The lowest BCUT2D eigenvalue weighted by Crippen LogP contribution is -2.41. The summed E-state index contributed by atoms with van der Waals surface area (Å²) >= 11 is 0. The van der Waals surface area contributed by atoms with Crippen LogP contribution in [0.2, 0.25) is 0 Å². The van der Waals surface area contributed by atoms with Crippen LogP contribution in [0.5, 0.6) is 0 Å². The van der Waals surface area contributed by atoms with Crippen LogP contribution in [0.4, 0.5) is 5.82 Å². The number of pyridine rings is 1. The van der Waals surface area contributed by atoms with Crippen LogP contribution in [0, 0.1) is 0 Å². The fourth-order valence-electron chi connectivity index (χ4n) is 3.74. The molecule has 7 heteroatoms. The van der Waals surface area contributed by atoms with Gasteiger partial charge in [0.05, 0.1) is 24.2 Å². The molecule has 0 saturated carbocycles. The van der Waals surface area contributed by atoms with Crippen LogP contribution in [0.1, 0.15) is 25.6 Å². The Morgan fingerprint density at radius 2 is 2.00 bits per heavy atom. The Morgan fingerprint density at radius 1 is 1.22 bits per heavy atom. The number of para-hydroxylation sites is 1. The van der Waals surface area contributed by atoms with Crippen molar-refractivity contribution in [1.82, 2.24) is 19.4 Å². The smallest absolute Gasteiger partial charge is 0.224 e. The predicted molar refractivity (Wildman–Crippen MR) is 105 cm³/mol. The zero-order chi connectivity index (χ0) is 18.8. The number of ether oxygens (including phenoxy) is 1. The Labute approximate surface area is 158 Å². The van der Waals surface area contributed by atoms with Gasteiger partial charge >= 0.3 is 0 Å². The van der Waals surface area contributed by atoms with Gasteiger partial charge in [-0.15, -0.1) is 0 Å². The number of benzene rings is 1. The number of aryl methyl sites for hydroxylation is 2. The number of nitrogen functional groups attached to an aromatic ring is 1. The zero-order valence-corrected chi connectivity index (χ0v) is 15.6. The van der Waals surface area contributed by atoms with Gasteiger partial charge in [0.1, 0.15) is 11.3 Å². The summed E-state index contributed by atoms with van der Waals surface area (Å²) in [5.74, 6) is 1.57. The van der Waals surface area contributed by atoms with Crippen molar-refractivity contribution in [2.24, 2.45) is 0 Å². The van der Waals surface area contributed by atoms with Gasteiger partial charge in [-0.3, -0.25) is 4.79 Å². The number of aromatic nitrogens is 3. The largest absolute Gasteiger partial charge is 0.382 e. The van der Waals surface area contributed by atoms with Crippen molar-refractivity contribution in [3.05, 3.63) is 30.1 Å². The molecule has 0 atom stereocenters. The minimum atomic E-state index is 0.161. The van der Waals surface area contributed by atoms with Gasteiger partial charge in [0, 0.05) is 37.9 Å². The van der Waals surface area contributed by atoms with Crippen LogP contribution in [0.15, 0.2) is 24.3 Å². The molecule has 0 unspecified atom stereocenters. The van der Waals surface area contributed by atoms with E-state index in [0.717, 1.165) is 40.6 Å². The molecular formula is C20H25N5O2. The summed E-state index contributed by atoms with van der Waals surface area (Å²) < 4.78 is 7.50. The number of carbonyl (C=O) groups excluding carboxylic acids is 1. The van der Waals surface area contributed by atoms with Crippen LogP contribution in [-0.4, -0.2) is 51.6 Å². The molecule has 2 N–H and O–H groups in total. The molecule has 4 rings (SSSR count). The lowest BCUT2D eigenvalue weighted by Gasteiger charge is -2.27. The molecule has 3 aromatic rings. The molecule has 0 radical (unpaired) electrons.